The van der Waals surface area contributed by atoms with E-state index in [2.05, 4.69) is 25.1 Å². The van der Waals surface area contributed by atoms with Crippen molar-refractivity contribution >= 4 is 22.6 Å². The number of hydrogen-bond donors (Lipinski definition) is 0. The molecule has 0 radical (unpaired) electrons. The maximum atomic E-state index is 13.7. The van der Waals surface area contributed by atoms with Gasteiger partial charge in [-0.3, -0.25) is 4.98 Å². The van der Waals surface area contributed by atoms with Crippen LogP contribution in [0.2, 0.25) is 5.15 Å². The smallest absolute Gasteiger partial charge is 0.429 e. The molecule has 0 bridgehead atoms. The Balaban J connectivity index is 1.68. The largest absolute Gasteiger partial charge is 0.457 e. The van der Waals surface area contributed by atoms with Gasteiger partial charge in [-0.25, -0.2) is 9.97 Å². The van der Waals surface area contributed by atoms with Gasteiger partial charge in [0.05, 0.1) is 11.0 Å². The summed E-state index contributed by atoms with van der Waals surface area (Å²) in [5.41, 5.74) is 0.811. The molecule has 1 atom stereocenters. The molecule has 0 aliphatic heterocycles. The molecule has 3 heterocycles. The van der Waals surface area contributed by atoms with Crippen molar-refractivity contribution in [2.45, 2.75) is 19.2 Å². The molecule has 0 aliphatic rings. The van der Waals surface area contributed by atoms with E-state index in [4.69, 9.17) is 20.9 Å². The van der Waals surface area contributed by atoms with Gasteiger partial charge >= 0.3 is 6.18 Å². The van der Waals surface area contributed by atoms with Crippen LogP contribution in [0.3, 0.4) is 0 Å². The predicted molar refractivity (Wildman–Crippen MR) is 96.2 cm³/mol. The van der Waals surface area contributed by atoms with Crippen LogP contribution in [-0.4, -0.2) is 31.3 Å². The normalized spacial score (nSPS) is 12.9. The molecule has 0 aliphatic carbocycles. The number of hydrogen-bond acceptors (Lipinski definition) is 7. The van der Waals surface area contributed by atoms with Gasteiger partial charge in [-0.15, -0.1) is 0 Å². The molecule has 3 aromatic heterocycles. The molecule has 0 amide bonds. The highest BCUT2D eigenvalue weighted by molar-refractivity contribution is 6.31. The van der Waals surface area contributed by atoms with Crippen molar-refractivity contribution in [1.82, 2.24) is 25.1 Å². The topological polar surface area (TPSA) is 86.8 Å². The van der Waals surface area contributed by atoms with Gasteiger partial charge in [-0.2, -0.15) is 18.2 Å². The van der Waals surface area contributed by atoms with E-state index >= 15 is 0 Å². The van der Waals surface area contributed by atoms with Crippen molar-refractivity contribution < 1.29 is 22.4 Å². The van der Waals surface area contributed by atoms with Crippen LogP contribution >= 0.6 is 11.6 Å². The molecule has 7 nitrogen and oxygen atoms in total. The monoisotopic (exact) mass is 421 g/mol. The van der Waals surface area contributed by atoms with Gasteiger partial charge in [0.15, 0.2) is 5.15 Å². The standard InChI is InChI=1S/C18H11ClF3N5O2/c1-9-24-16(27-29-9)13-7-6-10(8-23-13)14(18(20,21)22)28-17-15(19)25-11-4-2-3-5-12(11)26-17/h2-8,14H,1H3. The van der Waals surface area contributed by atoms with Crippen molar-refractivity contribution in [3.05, 3.63) is 59.2 Å². The number of rotatable bonds is 4. The third kappa shape index (κ3) is 3.97. The summed E-state index contributed by atoms with van der Waals surface area (Å²) in [7, 11) is 0. The molecular weight excluding hydrogens is 411 g/mol. The lowest BCUT2D eigenvalue weighted by Gasteiger charge is -2.21. The van der Waals surface area contributed by atoms with Gasteiger partial charge in [0, 0.05) is 18.7 Å². The molecule has 0 saturated carbocycles. The van der Waals surface area contributed by atoms with Crippen LogP contribution in [0.25, 0.3) is 22.6 Å². The van der Waals surface area contributed by atoms with Crippen LogP contribution in [0.4, 0.5) is 13.2 Å². The van der Waals surface area contributed by atoms with Gasteiger partial charge in [0.1, 0.15) is 5.69 Å². The fourth-order valence-electron chi connectivity index (χ4n) is 2.57. The lowest BCUT2D eigenvalue weighted by Crippen LogP contribution is -2.26. The molecule has 29 heavy (non-hydrogen) atoms. The molecule has 0 saturated heterocycles. The number of alkyl halides is 3. The Bertz CT molecular complexity index is 1160. The Kier molecular flexibility index (Phi) is 4.79. The number of ether oxygens (including phenoxy) is 1. The zero-order chi connectivity index (χ0) is 20.6. The highest BCUT2D eigenvalue weighted by atomic mass is 35.5. The van der Waals surface area contributed by atoms with E-state index in [1.807, 2.05) is 0 Å². The zero-order valence-corrected chi connectivity index (χ0v) is 15.4. The molecule has 1 aromatic carbocycles. The minimum absolute atomic E-state index is 0.168. The van der Waals surface area contributed by atoms with Gasteiger partial charge in [0.25, 0.3) is 5.88 Å². The number of para-hydroxylation sites is 2. The van der Waals surface area contributed by atoms with Crippen LogP contribution in [-0.2, 0) is 0 Å². The Labute approximate surface area is 166 Å². The van der Waals surface area contributed by atoms with E-state index in [0.717, 1.165) is 6.20 Å². The minimum atomic E-state index is -4.75. The van der Waals surface area contributed by atoms with E-state index in [0.29, 0.717) is 16.9 Å². The average molecular weight is 422 g/mol. The van der Waals surface area contributed by atoms with Crippen molar-refractivity contribution in [2.24, 2.45) is 0 Å². The Morgan fingerprint density at radius 2 is 1.76 bits per heavy atom. The second-order valence-corrected chi connectivity index (χ2v) is 6.32. The minimum Gasteiger partial charge on any atom is -0.457 e. The first-order chi connectivity index (χ1) is 13.8. The first kappa shape index (κ1) is 19.1. The van der Waals surface area contributed by atoms with E-state index in [1.165, 1.54) is 12.1 Å². The lowest BCUT2D eigenvalue weighted by molar-refractivity contribution is -0.198. The second-order valence-electron chi connectivity index (χ2n) is 5.96. The zero-order valence-electron chi connectivity index (χ0n) is 14.7. The molecule has 4 rings (SSSR count). The average Bonchev–Trinajstić information content (AvgIpc) is 3.12. The lowest BCUT2D eigenvalue weighted by atomic mass is 10.1. The fraction of sp³-hybridized carbons (Fsp3) is 0.167. The number of pyridine rings is 1. The number of aromatic nitrogens is 5. The molecule has 148 valence electrons. The molecule has 11 heteroatoms. The predicted octanol–water partition coefficient (Wildman–Crippen LogP) is 4.72. The Morgan fingerprint density at radius 1 is 1.03 bits per heavy atom. The summed E-state index contributed by atoms with van der Waals surface area (Å²) in [5.74, 6) is 0.0550. The number of fused-ring (bicyclic) bond motifs is 1. The van der Waals surface area contributed by atoms with E-state index in [9.17, 15) is 13.2 Å². The fourth-order valence-corrected chi connectivity index (χ4v) is 2.75. The molecule has 4 aromatic rings. The third-order valence-corrected chi connectivity index (χ3v) is 4.12. The van der Waals surface area contributed by atoms with Crippen LogP contribution < -0.4 is 4.74 Å². The van der Waals surface area contributed by atoms with Gasteiger partial charge in [0.2, 0.25) is 17.8 Å². The summed E-state index contributed by atoms with van der Waals surface area (Å²) in [6, 6.07) is 9.19. The maximum Gasteiger partial charge on any atom is 0.429 e. The summed E-state index contributed by atoms with van der Waals surface area (Å²) in [4.78, 5) is 16.0. The van der Waals surface area contributed by atoms with Gasteiger partial charge in [-0.1, -0.05) is 35.0 Å². The van der Waals surface area contributed by atoms with Crippen LogP contribution in [0.1, 0.15) is 17.6 Å². The molecule has 0 N–H and O–H groups in total. The summed E-state index contributed by atoms with van der Waals surface area (Å²) in [6.45, 7) is 1.59. The Hall–Kier alpha value is -3.27. The first-order valence-electron chi connectivity index (χ1n) is 8.23. The van der Waals surface area contributed by atoms with E-state index < -0.39 is 18.2 Å². The maximum absolute atomic E-state index is 13.7. The highest BCUT2D eigenvalue weighted by Gasteiger charge is 2.44. The number of nitrogens with zero attached hydrogens (tertiary/aromatic N) is 5. The summed E-state index contributed by atoms with van der Waals surface area (Å²) in [5, 5.41) is 3.41. The number of halogens is 4. The summed E-state index contributed by atoms with van der Waals surface area (Å²) in [6.07, 6.45) is -6.06. The molecule has 0 spiro atoms. The van der Waals surface area contributed by atoms with Crippen molar-refractivity contribution in [2.75, 3.05) is 0 Å². The molecule has 1 unspecified atom stereocenters. The first-order valence-corrected chi connectivity index (χ1v) is 8.61. The number of aryl methyl sites for hydroxylation is 1. The summed E-state index contributed by atoms with van der Waals surface area (Å²) < 4.78 is 51.0. The van der Waals surface area contributed by atoms with Crippen molar-refractivity contribution in [3.8, 4) is 17.4 Å². The van der Waals surface area contributed by atoms with Crippen LogP contribution in [0, 0.1) is 6.92 Å². The SMILES string of the molecule is Cc1nc(-c2ccc(C(Oc3nc4ccccc4nc3Cl)C(F)(F)F)cn2)no1. The van der Waals surface area contributed by atoms with Crippen LogP contribution in [0.5, 0.6) is 5.88 Å². The van der Waals surface area contributed by atoms with E-state index in [-0.39, 0.29) is 22.2 Å². The van der Waals surface area contributed by atoms with Crippen LogP contribution in [0.15, 0.2) is 47.1 Å². The van der Waals surface area contributed by atoms with Crippen molar-refractivity contribution in [1.29, 1.82) is 0 Å². The summed E-state index contributed by atoms with van der Waals surface area (Å²) >= 11 is 5.98. The quantitative estimate of drug-likeness (QED) is 0.471. The molecular formula is C18H11ClF3N5O2. The highest BCUT2D eigenvalue weighted by Crippen LogP contribution is 2.38. The van der Waals surface area contributed by atoms with Crippen molar-refractivity contribution in [3.63, 3.8) is 0 Å². The van der Waals surface area contributed by atoms with Gasteiger partial charge < -0.3 is 9.26 Å². The molecule has 0 fully saturated rings. The third-order valence-electron chi connectivity index (χ3n) is 3.87. The second kappa shape index (κ2) is 7.28. The van der Waals surface area contributed by atoms with E-state index in [1.54, 1.807) is 31.2 Å². The Morgan fingerprint density at radius 3 is 2.34 bits per heavy atom. The van der Waals surface area contributed by atoms with Gasteiger partial charge in [-0.05, 0) is 18.2 Å². The number of benzene rings is 1.